The van der Waals surface area contributed by atoms with Crippen LogP contribution in [0.4, 0.5) is 0 Å². The summed E-state index contributed by atoms with van der Waals surface area (Å²) in [5, 5.41) is 3.36. The van der Waals surface area contributed by atoms with Crippen molar-refractivity contribution in [3.63, 3.8) is 0 Å². The highest BCUT2D eigenvalue weighted by molar-refractivity contribution is 5.64. The Kier molecular flexibility index (Phi) is 2.22. The summed E-state index contributed by atoms with van der Waals surface area (Å²) in [4.78, 5) is 3.96. The van der Waals surface area contributed by atoms with Gasteiger partial charge in [-0.25, -0.2) is 0 Å². The Morgan fingerprint density at radius 3 is 2.89 bits per heavy atom. The van der Waals surface area contributed by atoms with Crippen LogP contribution >= 0.6 is 0 Å². The van der Waals surface area contributed by atoms with Crippen molar-refractivity contribution >= 4 is 6.21 Å². The van der Waals surface area contributed by atoms with Crippen LogP contribution in [-0.2, 0) is 0 Å². The van der Waals surface area contributed by atoms with Crippen LogP contribution in [0.1, 0.15) is 13.3 Å². The average Bonchev–Trinajstić information content (AvgIpc) is 2.17. The number of aliphatic imine (C=N–C) groups is 1. The minimum Gasteiger partial charge on any atom is -0.309 e. The van der Waals surface area contributed by atoms with Crippen molar-refractivity contribution in [2.24, 2.45) is 10.9 Å². The lowest BCUT2D eigenvalue weighted by atomic mass is 10.1. The molecule has 0 spiro atoms. The van der Waals surface area contributed by atoms with Crippen LogP contribution in [0.3, 0.4) is 0 Å². The van der Waals surface area contributed by atoms with Gasteiger partial charge in [0.05, 0.1) is 0 Å². The van der Waals surface area contributed by atoms with Crippen molar-refractivity contribution in [2.75, 3.05) is 13.6 Å². The van der Waals surface area contributed by atoms with Crippen molar-refractivity contribution in [1.29, 1.82) is 0 Å². The van der Waals surface area contributed by atoms with E-state index >= 15 is 0 Å². The highest BCUT2D eigenvalue weighted by atomic mass is 15.0. The highest BCUT2D eigenvalue weighted by Gasteiger charge is 2.17. The fourth-order valence-electron chi connectivity index (χ4n) is 1.25. The molecule has 2 nitrogen and oxygen atoms in total. The summed E-state index contributed by atoms with van der Waals surface area (Å²) >= 11 is 0. The van der Waals surface area contributed by atoms with E-state index in [1.54, 1.807) is 0 Å². The van der Waals surface area contributed by atoms with Crippen LogP contribution in [0.15, 0.2) is 4.99 Å². The molecule has 0 unspecified atom stereocenters. The topological polar surface area (TPSA) is 24.4 Å². The summed E-state index contributed by atoms with van der Waals surface area (Å²) in [7, 11) is 1.82. The van der Waals surface area contributed by atoms with Crippen LogP contribution in [0.5, 0.6) is 0 Å². The van der Waals surface area contributed by atoms with Crippen LogP contribution in [0, 0.1) is 5.92 Å². The van der Waals surface area contributed by atoms with E-state index in [4.69, 9.17) is 0 Å². The third-order valence-corrected chi connectivity index (χ3v) is 1.71. The van der Waals surface area contributed by atoms with Gasteiger partial charge in [0.1, 0.15) is 0 Å². The van der Waals surface area contributed by atoms with Gasteiger partial charge in [0.15, 0.2) is 0 Å². The summed E-state index contributed by atoms with van der Waals surface area (Å²) in [6.45, 7) is 3.41. The number of hydrogen-bond donors (Lipinski definition) is 1. The SMILES string of the molecule is CN=C[C@H]1C[C@@H](C)CN1. The molecule has 0 aromatic rings. The first-order valence-electron chi connectivity index (χ1n) is 3.48. The predicted molar refractivity (Wildman–Crippen MR) is 40.0 cm³/mol. The Hall–Kier alpha value is -0.370. The van der Waals surface area contributed by atoms with Gasteiger partial charge in [-0.15, -0.1) is 0 Å². The second-order valence-corrected chi connectivity index (χ2v) is 2.76. The van der Waals surface area contributed by atoms with Crippen molar-refractivity contribution in [2.45, 2.75) is 19.4 Å². The molecule has 1 aliphatic heterocycles. The lowest BCUT2D eigenvalue weighted by molar-refractivity contribution is 0.647. The van der Waals surface area contributed by atoms with E-state index in [9.17, 15) is 0 Å². The predicted octanol–water partition coefficient (Wildman–Crippen LogP) is 0.685. The first-order valence-corrected chi connectivity index (χ1v) is 3.48. The van der Waals surface area contributed by atoms with Crippen LogP contribution in [0.2, 0.25) is 0 Å². The third-order valence-electron chi connectivity index (χ3n) is 1.71. The normalized spacial score (nSPS) is 36.2. The summed E-state index contributed by atoms with van der Waals surface area (Å²) in [6.07, 6.45) is 3.24. The van der Waals surface area contributed by atoms with E-state index < -0.39 is 0 Å². The molecule has 2 heteroatoms. The lowest BCUT2D eigenvalue weighted by Gasteiger charge is -1.98. The number of rotatable bonds is 1. The van der Waals surface area contributed by atoms with E-state index in [1.165, 1.54) is 6.42 Å². The van der Waals surface area contributed by atoms with Gasteiger partial charge >= 0.3 is 0 Å². The Morgan fingerprint density at radius 2 is 2.44 bits per heavy atom. The van der Waals surface area contributed by atoms with Gasteiger partial charge in [-0.2, -0.15) is 0 Å². The van der Waals surface area contributed by atoms with E-state index in [0.717, 1.165) is 12.5 Å². The molecule has 1 aliphatic rings. The minimum absolute atomic E-state index is 0.546. The van der Waals surface area contributed by atoms with Crippen molar-refractivity contribution in [1.82, 2.24) is 5.32 Å². The largest absolute Gasteiger partial charge is 0.309 e. The van der Waals surface area contributed by atoms with Gasteiger partial charge in [-0.1, -0.05) is 6.92 Å². The first kappa shape index (κ1) is 6.75. The zero-order valence-electron chi connectivity index (χ0n) is 6.09. The molecular formula is C7H14N2. The minimum atomic E-state index is 0.546. The lowest BCUT2D eigenvalue weighted by Crippen LogP contribution is -2.22. The van der Waals surface area contributed by atoms with E-state index in [2.05, 4.69) is 17.2 Å². The quantitative estimate of drug-likeness (QED) is 0.513. The molecule has 0 bridgehead atoms. The molecule has 1 saturated heterocycles. The third kappa shape index (κ3) is 1.79. The van der Waals surface area contributed by atoms with Gasteiger partial charge in [0, 0.05) is 19.3 Å². The molecule has 1 rings (SSSR count). The molecule has 1 fully saturated rings. The highest BCUT2D eigenvalue weighted by Crippen LogP contribution is 2.10. The number of nitrogens with one attached hydrogen (secondary N) is 1. The molecule has 0 aromatic heterocycles. The molecule has 52 valence electrons. The Balaban J connectivity index is 2.30. The van der Waals surface area contributed by atoms with Gasteiger partial charge in [0.25, 0.3) is 0 Å². The van der Waals surface area contributed by atoms with Crippen LogP contribution < -0.4 is 5.32 Å². The summed E-state index contributed by atoms with van der Waals surface area (Å²) in [6, 6.07) is 0.546. The fourth-order valence-corrected chi connectivity index (χ4v) is 1.25. The van der Waals surface area contributed by atoms with Gasteiger partial charge in [-0.05, 0) is 18.9 Å². The fraction of sp³-hybridized carbons (Fsp3) is 0.857. The smallest absolute Gasteiger partial charge is 0.0423 e. The van der Waals surface area contributed by atoms with Crippen molar-refractivity contribution in [3.8, 4) is 0 Å². The maximum atomic E-state index is 3.96. The maximum absolute atomic E-state index is 3.96. The molecule has 2 atom stereocenters. The van der Waals surface area contributed by atoms with Crippen molar-refractivity contribution < 1.29 is 0 Å². The molecule has 0 aliphatic carbocycles. The zero-order chi connectivity index (χ0) is 6.69. The molecule has 9 heavy (non-hydrogen) atoms. The summed E-state index contributed by atoms with van der Waals surface area (Å²) in [5.41, 5.74) is 0. The number of hydrogen-bond acceptors (Lipinski definition) is 2. The maximum Gasteiger partial charge on any atom is 0.0423 e. The molecule has 0 amide bonds. The summed E-state index contributed by atoms with van der Waals surface area (Å²) in [5.74, 6) is 0.827. The molecule has 0 radical (unpaired) electrons. The summed E-state index contributed by atoms with van der Waals surface area (Å²) < 4.78 is 0. The number of nitrogens with zero attached hydrogens (tertiary/aromatic N) is 1. The van der Waals surface area contributed by atoms with Gasteiger partial charge < -0.3 is 5.32 Å². The van der Waals surface area contributed by atoms with Crippen LogP contribution in [0.25, 0.3) is 0 Å². The Morgan fingerprint density at radius 1 is 1.67 bits per heavy atom. The molecule has 0 saturated carbocycles. The molecular weight excluding hydrogens is 112 g/mol. The standard InChI is InChI=1S/C7H14N2/c1-6-3-7(5-8-2)9-4-6/h5-7,9H,3-4H2,1-2H3/t6-,7-/m1/s1. The zero-order valence-corrected chi connectivity index (χ0v) is 6.09. The van der Waals surface area contributed by atoms with E-state index in [-0.39, 0.29) is 0 Å². The van der Waals surface area contributed by atoms with E-state index in [1.807, 2.05) is 13.3 Å². The van der Waals surface area contributed by atoms with Gasteiger partial charge in [-0.3, -0.25) is 4.99 Å². The van der Waals surface area contributed by atoms with Crippen molar-refractivity contribution in [3.05, 3.63) is 0 Å². The molecule has 1 N–H and O–H groups in total. The Labute approximate surface area is 56.4 Å². The van der Waals surface area contributed by atoms with E-state index in [0.29, 0.717) is 6.04 Å². The molecule has 1 heterocycles. The average molecular weight is 126 g/mol. The molecule has 0 aromatic carbocycles. The first-order chi connectivity index (χ1) is 4.33. The van der Waals surface area contributed by atoms with Gasteiger partial charge in [0.2, 0.25) is 0 Å². The second kappa shape index (κ2) is 2.97. The second-order valence-electron chi connectivity index (χ2n) is 2.76. The Bertz CT molecular complexity index is 109. The van der Waals surface area contributed by atoms with Crippen LogP contribution in [-0.4, -0.2) is 25.8 Å². The monoisotopic (exact) mass is 126 g/mol.